The lowest BCUT2D eigenvalue weighted by Crippen LogP contribution is -2.39. The molecule has 1 spiro atoms. The molecule has 3 aliphatic heterocycles. The van der Waals surface area contributed by atoms with Crippen molar-refractivity contribution in [2.24, 2.45) is 11.8 Å². The highest BCUT2D eigenvalue weighted by molar-refractivity contribution is 6.31. The molecule has 5 nitrogen and oxygen atoms in total. The Hall–Kier alpha value is -1.85. The summed E-state index contributed by atoms with van der Waals surface area (Å²) in [6.07, 6.45) is 3.09. The van der Waals surface area contributed by atoms with E-state index in [1.165, 1.54) is 0 Å². The average molecular weight is 306 g/mol. The molecule has 108 valence electrons. The summed E-state index contributed by atoms with van der Waals surface area (Å²) in [5.74, 6) is -2.68. The molecule has 0 saturated carbocycles. The van der Waals surface area contributed by atoms with Crippen LogP contribution in [0, 0.1) is 11.8 Å². The number of carbonyl (C=O) groups excluding carboxylic acids is 1. The van der Waals surface area contributed by atoms with E-state index in [2.05, 4.69) is 0 Å². The maximum atomic E-state index is 12.7. The number of hydrogen-bond acceptors (Lipinski definition) is 3. The van der Waals surface area contributed by atoms with Crippen LogP contribution in [0.25, 0.3) is 0 Å². The number of rotatable bonds is 2. The number of nitrogens with zero attached hydrogens (tertiary/aromatic N) is 1. The lowest BCUT2D eigenvalue weighted by Gasteiger charge is -2.21. The fraction of sp³-hybridized carbons (Fsp3) is 0.333. The lowest BCUT2D eigenvalue weighted by atomic mass is 9.77. The van der Waals surface area contributed by atoms with Gasteiger partial charge in [0.05, 0.1) is 18.6 Å². The minimum absolute atomic E-state index is 0.212. The number of carboxylic acids is 1. The van der Waals surface area contributed by atoms with Crippen LogP contribution in [0.3, 0.4) is 0 Å². The molecule has 2 saturated heterocycles. The third kappa shape index (κ3) is 1.61. The Morgan fingerprint density at radius 3 is 3.00 bits per heavy atom. The number of anilines is 1. The Bertz CT molecular complexity index is 688. The highest BCUT2D eigenvalue weighted by Gasteiger charge is 2.67. The SMILES string of the molecule is O=C(O)[C@@H]1[C@@H]2C=C[C@@]3(CN(c4cccc(Cl)c4)C(=O)[C@H]13)O2. The smallest absolute Gasteiger partial charge is 0.310 e. The van der Waals surface area contributed by atoms with Crippen molar-refractivity contribution in [1.82, 2.24) is 0 Å². The molecular formula is C15H12ClNO4. The fourth-order valence-electron chi connectivity index (χ4n) is 3.64. The van der Waals surface area contributed by atoms with Crippen molar-refractivity contribution in [2.45, 2.75) is 11.7 Å². The van der Waals surface area contributed by atoms with Crippen molar-refractivity contribution < 1.29 is 19.4 Å². The van der Waals surface area contributed by atoms with E-state index in [1.807, 2.05) is 6.08 Å². The van der Waals surface area contributed by atoms with Crippen molar-refractivity contribution in [2.75, 3.05) is 11.4 Å². The molecule has 3 heterocycles. The highest BCUT2D eigenvalue weighted by atomic mass is 35.5. The predicted octanol–water partition coefficient (Wildman–Crippen LogP) is 1.71. The van der Waals surface area contributed by atoms with Crippen molar-refractivity contribution in [3.8, 4) is 0 Å². The first-order valence-corrected chi connectivity index (χ1v) is 7.07. The van der Waals surface area contributed by atoms with Gasteiger partial charge in [-0.05, 0) is 18.2 Å². The second kappa shape index (κ2) is 4.08. The van der Waals surface area contributed by atoms with Gasteiger partial charge in [0.25, 0.3) is 0 Å². The van der Waals surface area contributed by atoms with Gasteiger partial charge < -0.3 is 14.7 Å². The molecule has 1 N–H and O–H groups in total. The van der Waals surface area contributed by atoms with Gasteiger partial charge in [-0.1, -0.05) is 29.8 Å². The molecule has 1 aromatic rings. The maximum Gasteiger partial charge on any atom is 0.310 e. The molecule has 4 atom stereocenters. The van der Waals surface area contributed by atoms with Gasteiger partial charge >= 0.3 is 5.97 Å². The molecule has 0 unspecified atom stereocenters. The first-order chi connectivity index (χ1) is 10.0. The van der Waals surface area contributed by atoms with E-state index in [9.17, 15) is 14.7 Å². The Kier molecular flexibility index (Phi) is 2.50. The number of ether oxygens (including phenoxy) is 1. The van der Waals surface area contributed by atoms with Crippen molar-refractivity contribution in [3.05, 3.63) is 41.4 Å². The zero-order chi connectivity index (χ0) is 14.8. The molecule has 21 heavy (non-hydrogen) atoms. The number of aliphatic carboxylic acids is 1. The van der Waals surface area contributed by atoms with E-state index < -0.39 is 29.5 Å². The third-order valence-electron chi connectivity index (χ3n) is 4.51. The second-order valence-corrected chi connectivity index (χ2v) is 6.08. The summed E-state index contributed by atoms with van der Waals surface area (Å²) >= 11 is 5.97. The molecule has 2 fully saturated rings. The summed E-state index contributed by atoms with van der Waals surface area (Å²) in [5.41, 5.74) is -0.145. The third-order valence-corrected chi connectivity index (χ3v) is 4.74. The Morgan fingerprint density at radius 1 is 1.48 bits per heavy atom. The highest BCUT2D eigenvalue weighted by Crippen LogP contribution is 2.52. The van der Waals surface area contributed by atoms with Gasteiger partial charge in [0.1, 0.15) is 11.5 Å². The van der Waals surface area contributed by atoms with Crippen LogP contribution >= 0.6 is 11.6 Å². The lowest BCUT2D eigenvalue weighted by molar-refractivity contribution is -0.146. The van der Waals surface area contributed by atoms with Gasteiger partial charge in [-0.25, -0.2) is 0 Å². The molecule has 6 heteroatoms. The molecule has 3 aliphatic rings. The van der Waals surface area contributed by atoms with E-state index >= 15 is 0 Å². The van der Waals surface area contributed by atoms with Crippen LogP contribution in [0.5, 0.6) is 0 Å². The van der Waals surface area contributed by atoms with Crippen LogP contribution < -0.4 is 4.90 Å². The van der Waals surface area contributed by atoms with E-state index in [0.717, 1.165) is 0 Å². The van der Waals surface area contributed by atoms with E-state index in [1.54, 1.807) is 35.2 Å². The van der Waals surface area contributed by atoms with Gasteiger partial charge in [-0.15, -0.1) is 0 Å². The number of hydrogen-bond donors (Lipinski definition) is 1. The topological polar surface area (TPSA) is 66.8 Å². The minimum atomic E-state index is -0.988. The summed E-state index contributed by atoms with van der Waals surface area (Å²) < 4.78 is 5.82. The zero-order valence-corrected chi connectivity index (χ0v) is 11.7. The first-order valence-electron chi connectivity index (χ1n) is 6.69. The molecule has 4 rings (SSSR count). The van der Waals surface area contributed by atoms with Gasteiger partial charge in [-0.2, -0.15) is 0 Å². The summed E-state index contributed by atoms with van der Waals surface area (Å²) in [5, 5.41) is 9.92. The normalized spacial score (nSPS) is 36.3. The minimum Gasteiger partial charge on any atom is -0.481 e. The molecule has 0 aliphatic carbocycles. The van der Waals surface area contributed by atoms with E-state index in [4.69, 9.17) is 16.3 Å². The second-order valence-electron chi connectivity index (χ2n) is 5.64. The predicted molar refractivity (Wildman–Crippen MR) is 75.2 cm³/mol. The largest absolute Gasteiger partial charge is 0.481 e. The van der Waals surface area contributed by atoms with Gasteiger partial charge in [0, 0.05) is 10.7 Å². The van der Waals surface area contributed by atoms with Crippen LogP contribution in [-0.4, -0.2) is 35.2 Å². The fourth-order valence-corrected chi connectivity index (χ4v) is 3.83. The molecular weight excluding hydrogens is 294 g/mol. The Balaban J connectivity index is 1.75. The van der Waals surface area contributed by atoms with Gasteiger partial charge in [-0.3, -0.25) is 9.59 Å². The van der Waals surface area contributed by atoms with Crippen LogP contribution in [0.15, 0.2) is 36.4 Å². The molecule has 0 aromatic heterocycles. The average Bonchev–Trinajstić information content (AvgIpc) is 3.07. The van der Waals surface area contributed by atoms with Crippen LogP contribution in [-0.2, 0) is 14.3 Å². The van der Waals surface area contributed by atoms with Gasteiger partial charge in [0.15, 0.2) is 0 Å². The Labute approximate surface area is 125 Å². The first kappa shape index (κ1) is 12.9. The summed E-state index contributed by atoms with van der Waals surface area (Å²) in [4.78, 5) is 25.7. The number of fused-ring (bicyclic) bond motifs is 1. The molecule has 2 bridgehead atoms. The number of carboxylic acid groups (broad SMARTS) is 1. The number of benzene rings is 1. The van der Waals surface area contributed by atoms with Crippen LogP contribution in [0.4, 0.5) is 5.69 Å². The maximum absolute atomic E-state index is 12.7. The van der Waals surface area contributed by atoms with Crippen molar-refractivity contribution >= 4 is 29.2 Å². The van der Waals surface area contributed by atoms with Crippen LogP contribution in [0.1, 0.15) is 0 Å². The number of halogens is 1. The number of amides is 1. The molecule has 1 aromatic carbocycles. The summed E-state index contributed by atoms with van der Waals surface area (Å²) in [6.45, 7) is 0.327. The summed E-state index contributed by atoms with van der Waals surface area (Å²) in [6, 6.07) is 6.97. The van der Waals surface area contributed by atoms with Gasteiger partial charge in [0.2, 0.25) is 5.91 Å². The number of carbonyl (C=O) groups is 2. The quantitative estimate of drug-likeness (QED) is 0.845. The molecule has 1 amide bonds. The van der Waals surface area contributed by atoms with Crippen molar-refractivity contribution in [1.29, 1.82) is 0 Å². The standard InChI is InChI=1S/C15H12ClNO4/c16-8-2-1-3-9(6-8)17-7-15-5-4-10(21-15)11(14(19)20)12(15)13(17)18/h1-6,10-12H,7H2,(H,19,20)/t10-,11+,12-,15-/m0/s1. The Morgan fingerprint density at radius 2 is 2.29 bits per heavy atom. The zero-order valence-electron chi connectivity index (χ0n) is 10.9. The van der Waals surface area contributed by atoms with E-state index in [-0.39, 0.29) is 5.91 Å². The summed E-state index contributed by atoms with van der Waals surface area (Å²) in [7, 11) is 0. The van der Waals surface area contributed by atoms with Crippen molar-refractivity contribution in [3.63, 3.8) is 0 Å². The monoisotopic (exact) mass is 305 g/mol. The molecule has 0 radical (unpaired) electrons. The van der Waals surface area contributed by atoms with Crippen LogP contribution in [0.2, 0.25) is 5.02 Å². The van der Waals surface area contributed by atoms with E-state index in [0.29, 0.717) is 17.3 Å².